The largest absolute Gasteiger partial charge is 0.350 e. The molecule has 140 valence electrons. The van der Waals surface area contributed by atoms with Crippen molar-refractivity contribution in [2.24, 2.45) is 0 Å². The van der Waals surface area contributed by atoms with Crippen LogP contribution in [0.1, 0.15) is 17.2 Å². The number of carbonyl (C=O) groups is 1. The molecule has 3 aromatic rings. The lowest BCUT2D eigenvalue weighted by Crippen LogP contribution is -2.36. The predicted molar refractivity (Wildman–Crippen MR) is 98.2 cm³/mol. The summed E-state index contributed by atoms with van der Waals surface area (Å²) in [6.45, 7) is 0.277. The van der Waals surface area contributed by atoms with Gasteiger partial charge in [-0.05, 0) is 56.1 Å². The third-order valence-corrected chi connectivity index (χ3v) is 4.12. The van der Waals surface area contributed by atoms with Crippen molar-refractivity contribution < 1.29 is 13.6 Å². The molecule has 2 aromatic carbocycles. The summed E-state index contributed by atoms with van der Waals surface area (Å²) < 4.78 is 28.1. The zero-order chi connectivity index (χ0) is 19.4. The molecule has 1 heterocycles. The van der Waals surface area contributed by atoms with Crippen LogP contribution >= 0.6 is 0 Å². The van der Waals surface area contributed by atoms with Crippen molar-refractivity contribution >= 4 is 5.91 Å². The molecule has 3 rings (SSSR count). The second-order valence-corrected chi connectivity index (χ2v) is 6.41. The highest BCUT2D eigenvalue weighted by Crippen LogP contribution is 2.19. The average molecular weight is 370 g/mol. The fourth-order valence-corrected chi connectivity index (χ4v) is 2.83. The van der Waals surface area contributed by atoms with Gasteiger partial charge in [-0.3, -0.25) is 9.69 Å². The van der Waals surface area contributed by atoms with Crippen LogP contribution in [0.25, 0.3) is 5.69 Å². The lowest BCUT2D eigenvalue weighted by atomic mass is 10.1. The van der Waals surface area contributed by atoms with Crippen molar-refractivity contribution in [3.05, 3.63) is 83.7 Å². The van der Waals surface area contributed by atoms with Crippen molar-refractivity contribution in [1.82, 2.24) is 20.0 Å². The maximum atomic E-state index is 13.5. The number of benzene rings is 2. The molecule has 0 aliphatic carbocycles. The predicted octanol–water partition coefficient (Wildman–Crippen LogP) is 3.07. The van der Waals surface area contributed by atoms with E-state index in [-0.39, 0.29) is 24.1 Å². The van der Waals surface area contributed by atoms with Gasteiger partial charge in [0, 0.05) is 18.3 Å². The Morgan fingerprint density at radius 2 is 1.89 bits per heavy atom. The molecular formula is C20H20F2N4O. The second-order valence-electron chi connectivity index (χ2n) is 6.41. The first-order chi connectivity index (χ1) is 12.9. The van der Waals surface area contributed by atoms with Crippen LogP contribution < -0.4 is 5.32 Å². The lowest BCUT2D eigenvalue weighted by molar-refractivity contribution is -0.125. The van der Waals surface area contributed by atoms with Gasteiger partial charge in [-0.25, -0.2) is 13.5 Å². The number of nitrogens with one attached hydrogen (secondary N) is 1. The minimum Gasteiger partial charge on any atom is -0.350 e. The van der Waals surface area contributed by atoms with Crippen LogP contribution in [0.2, 0.25) is 0 Å². The van der Waals surface area contributed by atoms with Gasteiger partial charge in [0.1, 0.15) is 17.7 Å². The number of aromatic nitrogens is 2. The Hall–Kier alpha value is -3.06. The van der Waals surface area contributed by atoms with Crippen LogP contribution in [0.15, 0.2) is 60.9 Å². The number of rotatable bonds is 6. The van der Waals surface area contributed by atoms with E-state index in [0.717, 1.165) is 11.3 Å². The Kier molecular flexibility index (Phi) is 5.61. The molecule has 0 saturated carbocycles. The van der Waals surface area contributed by atoms with Crippen LogP contribution in [0, 0.1) is 11.6 Å². The summed E-state index contributed by atoms with van der Waals surface area (Å²) >= 11 is 0. The van der Waals surface area contributed by atoms with E-state index in [2.05, 4.69) is 10.4 Å². The van der Waals surface area contributed by atoms with Gasteiger partial charge >= 0.3 is 0 Å². The summed E-state index contributed by atoms with van der Waals surface area (Å²) in [5, 5.41) is 7.08. The maximum absolute atomic E-state index is 13.5. The van der Waals surface area contributed by atoms with E-state index in [1.54, 1.807) is 60.3 Å². The van der Waals surface area contributed by atoms with E-state index in [1.165, 1.54) is 24.3 Å². The second kappa shape index (κ2) is 8.09. The quantitative estimate of drug-likeness (QED) is 0.726. The van der Waals surface area contributed by atoms with Crippen molar-refractivity contribution in [1.29, 1.82) is 0 Å². The van der Waals surface area contributed by atoms with Gasteiger partial charge in [-0.2, -0.15) is 5.10 Å². The Balaban J connectivity index is 1.68. The zero-order valence-corrected chi connectivity index (χ0v) is 15.1. The van der Waals surface area contributed by atoms with E-state index in [1.807, 2.05) is 0 Å². The van der Waals surface area contributed by atoms with Gasteiger partial charge in [0.25, 0.3) is 0 Å². The van der Waals surface area contributed by atoms with Crippen LogP contribution in [-0.4, -0.2) is 34.7 Å². The van der Waals surface area contributed by atoms with Crippen molar-refractivity contribution in [3.8, 4) is 5.69 Å². The van der Waals surface area contributed by atoms with Crippen LogP contribution in [0.4, 0.5) is 8.78 Å². The maximum Gasteiger partial charge on any atom is 0.242 e. The number of hydrogen-bond acceptors (Lipinski definition) is 3. The van der Waals surface area contributed by atoms with E-state index in [9.17, 15) is 13.6 Å². The van der Waals surface area contributed by atoms with Gasteiger partial charge in [0.05, 0.1) is 11.9 Å². The number of nitrogens with zero attached hydrogens (tertiary/aromatic N) is 3. The number of halogens is 2. The summed E-state index contributed by atoms with van der Waals surface area (Å²) in [4.78, 5) is 14.4. The topological polar surface area (TPSA) is 50.2 Å². The minimum absolute atomic E-state index is 0.236. The highest BCUT2D eigenvalue weighted by Gasteiger charge is 2.23. The molecule has 5 nitrogen and oxygen atoms in total. The third-order valence-electron chi connectivity index (χ3n) is 4.12. The van der Waals surface area contributed by atoms with Crippen molar-refractivity contribution in [2.75, 3.05) is 14.1 Å². The lowest BCUT2D eigenvalue weighted by Gasteiger charge is -2.23. The van der Waals surface area contributed by atoms with E-state index in [0.29, 0.717) is 5.56 Å². The molecule has 0 radical (unpaired) electrons. The van der Waals surface area contributed by atoms with Gasteiger partial charge in [0.2, 0.25) is 5.91 Å². The summed E-state index contributed by atoms with van der Waals surface area (Å²) in [7, 11) is 3.53. The molecular weight excluding hydrogens is 350 g/mol. The first-order valence-corrected chi connectivity index (χ1v) is 8.43. The standard InChI is InChI=1S/C20H20F2N4O/c1-25(2)19(15-4-3-5-17(22)10-15)20(27)23-11-14-12-24-26(13-14)18-8-6-16(21)7-9-18/h3-10,12-13,19H,11H2,1-2H3,(H,23,27)/t19-/m0/s1. The molecule has 0 spiro atoms. The molecule has 1 aromatic heterocycles. The smallest absolute Gasteiger partial charge is 0.242 e. The molecule has 1 N–H and O–H groups in total. The summed E-state index contributed by atoms with van der Waals surface area (Å²) in [5.41, 5.74) is 2.10. The summed E-state index contributed by atoms with van der Waals surface area (Å²) in [6.07, 6.45) is 3.40. The zero-order valence-electron chi connectivity index (χ0n) is 15.1. The molecule has 0 aliphatic heterocycles. The Labute approximate surface area is 156 Å². The molecule has 0 saturated heterocycles. The number of likely N-dealkylation sites (N-methyl/N-ethyl adjacent to an activating group) is 1. The Morgan fingerprint density at radius 1 is 1.15 bits per heavy atom. The fourth-order valence-electron chi connectivity index (χ4n) is 2.83. The first kappa shape index (κ1) is 18.7. The van der Waals surface area contributed by atoms with Crippen LogP contribution in [-0.2, 0) is 11.3 Å². The number of carbonyl (C=O) groups excluding carboxylic acids is 1. The fraction of sp³-hybridized carbons (Fsp3) is 0.200. The molecule has 0 unspecified atom stereocenters. The summed E-state index contributed by atoms with van der Waals surface area (Å²) in [5.74, 6) is -0.932. The number of amides is 1. The molecule has 27 heavy (non-hydrogen) atoms. The van der Waals surface area contributed by atoms with Crippen LogP contribution in [0.3, 0.4) is 0 Å². The monoisotopic (exact) mass is 370 g/mol. The van der Waals surface area contributed by atoms with Gasteiger partial charge in [-0.1, -0.05) is 12.1 Å². The highest BCUT2D eigenvalue weighted by atomic mass is 19.1. The Morgan fingerprint density at radius 3 is 2.56 bits per heavy atom. The van der Waals surface area contributed by atoms with Crippen molar-refractivity contribution in [2.45, 2.75) is 12.6 Å². The minimum atomic E-state index is -0.604. The summed E-state index contributed by atoms with van der Waals surface area (Å²) in [6, 6.07) is 11.4. The first-order valence-electron chi connectivity index (χ1n) is 8.43. The Bertz CT molecular complexity index is 922. The van der Waals surface area contributed by atoms with Gasteiger partial charge < -0.3 is 5.32 Å². The van der Waals surface area contributed by atoms with E-state index >= 15 is 0 Å². The van der Waals surface area contributed by atoms with Crippen molar-refractivity contribution in [3.63, 3.8) is 0 Å². The molecule has 0 bridgehead atoms. The molecule has 7 heteroatoms. The van der Waals surface area contributed by atoms with E-state index in [4.69, 9.17) is 0 Å². The molecule has 0 fully saturated rings. The highest BCUT2D eigenvalue weighted by molar-refractivity contribution is 5.83. The normalized spacial score (nSPS) is 12.2. The average Bonchev–Trinajstić information content (AvgIpc) is 3.09. The number of hydrogen-bond donors (Lipinski definition) is 1. The SMILES string of the molecule is CN(C)[C@H](C(=O)NCc1cnn(-c2ccc(F)cc2)c1)c1cccc(F)c1. The molecule has 1 atom stereocenters. The van der Waals surface area contributed by atoms with Crippen LogP contribution in [0.5, 0.6) is 0 Å². The van der Waals surface area contributed by atoms with Gasteiger partial charge in [-0.15, -0.1) is 0 Å². The third kappa shape index (κ3) is 4.57. The molecule has 0 aliphatic rings. The molecule has 1 amide bonds. The van der Waals surface area contributed by atoms with E-state index < -0.39 is 6.04 Å². The van der Waals surface area contributed by atoms with Gasteiger partial charge in [0.15, 0.2) is 0 Å².